The molecule has 1 aliphatic rings. The summed E-state index contributed by atoms with van der Waals surface area (Å²) in [5, 5.41) is 3.84. The largest absolute Gasteiger partial charge is 0.353 e. The van der Waals surface area contributed by atoms with Gasteiger partial charge in [0.25, 0.3) is 5.91 Å². The summed E-state index contributed by atoms with van der Waals surface area (Å²) in [6.07, 6.45) is 3.30. The number of piperazine rings is 1. The number of aromatic nitrogens is 3. The van der Waals surface area contributed by atoms with Gasteiger partial charge in [-0.2, -0.15) is 0 Å². The Hall–Kier alpha value is -3.19. The zero-order valence-corrected chi connectivity index (χ0v) is 16.8. The molecule has 0 aliphatic carbocycles. The Balaban J connectivity index is 1.39. The first-order valence-electron chi connectivity index (χ1n) is 9.40. The Labute approximate surface area is 174 Å². The molecule has 0 saturated carbocycles. The molecule has 0 bridgehead atoms. The minimum Gasteiger partial charge on any atom is -0.353 e. The molecule has 29 heavy (non-hydrogen) atoms. The van der Waals surface area contributed by atoms with Crippen molar-refractivity contribution in [1.82, 2.24) is 19.9 Å². The van der Waals surface area contributed by atoms with Crippen LogP contribution in [0, 0.1) is 6.92 Å². The number of aryl methyl sites for hydroxylation is 1. The fourth-order valence-corrected chi connectivity index (χ4v) is 3.36. The van der Waals surface area contributed by atoms with Crippen molar-refractivity contribution < 1.29 is 4.79 Å². The summed E-state index contributed by atoms with van der Waals surface area (Å²) in [5.41, 5.74) is 1.78. The summed E-state index contributed by atoms with van der Waals surface area (Å²) in [4.78, 5) is 29.7. The molecule has 1 aromatic carbocycles. The molecule has 1 N–H and O–H groups in total. The molecule has 1 fully saturated rings. The quantitative estimate of drug-likeness (QED) is 0.711. The van der Waals surface area contributed by atoms with Gasteiger partial charge in [0, 0.05) is 49.0 Å². The van der Waals surface area contributed by atoms with Crippen molar-refractivity contribution in [2.24, 2.45) is 0 Å². The van der Waals surface area contributed by atoms with Gasteiger partial charge in [0.15, 0.2) is 0 Å². The first-order valence-corrected chi connectivity index (χ1v) is 9.78. The number of nitrogens with zero attached hydrogens (tertiary/aromatic N) is 5. The highest BCUT2D eigenvalue weighted by atomic mass is 35.5. The van der Waals surface area contributed by atoms with Crippen molar-refractivity contribution >= 4 is 35.0 Å². The monoisotopic (exact) mass is 408 g/mol. The number of hydrogen-bond acceptors (Lipinski definition) is 6. The van der Waals surface area contributed by atoms with E-state index in [9.17, 15) is 4.79 Å². The van der Waals surface area contributed by atoms with Gasteiger partial charge in [0.2, 0.25) is 0 Å². The van der Waals surface area contributed by atoms with Crippen molar-refractivity contribution in [2.75, 3.05) is 36.4 Å². The molecule has 1 aliphatic heterocycles. The molecule has 3 aromatic rings. The molecule has 4 rings (SSSR count). The number of halogens is 1. The number of anilines is 3. The van der Waals surface area contributed by atoms with E-state index in [1.165, 1.54) is 0 Å². The van der Waals surface area contributed by atoms with Gasteiger partial charge in [0.05, 0.1) is 0 Å². The number of nitrogens with one attached hydrogen (secondary N) is 1. The lowest BCUT2D eigenvalue weighted by Crippen LogP contribution is -2.49. The number of benzene rings is 1. The van der Waals surface area contributed by atoms with Crippen LogP contribution >= 0.6 is 11.6 Å². The van der Waals surface area contributed by atoms with Crippen molar-refractivity contribution in [1.29, 1.82) is 0 Å². The Morgan fingerprint density at radius 3 is 2.41 bits per heavy atom. The van der Waals surface area contributed by atoms with Gasteiger partial charge in [-0.15, -0.1) is 0 Å². The first kappa shape index (κ1) is 19.1. The van der Waals surface area contributed by atoms with E-state index in [0.29, 0.717) is 42.6 Å². The zero-order valence-electron chi connectivity index (χ0n) is 16.0. The molecule has 2 aromatic heterocycles. The number of rotatable bonds is 4. The Kier molecular flexibility index (Phi) is 5.57. The number of carbonyl (C=O) groups excluding carboxylic acids is 1. The Bertz CT molecular complexity index is 1000. The third kappa shape index (κ3) is 4.63. The van der Waals surface area contributed by atoms with Gasteiger partial charge >= 0.3 is 0 Å². The zero-order chi connectivity index (χ0) is 20.2. The summed E-state index contributed by atoms with van der Waals surface area (Å²) in [5.74, 6) is 2.28. The molecule has 148 valence electrons. The fraction of sp³-hybridized carbons (Fsp3) is 0.238. The van der Waals surface area contributed by atoms with Crippen LogP contribution in [0.2, 0.25) is 5.02 Å². The van der Waals surface area contributed by atoms with E-state index in [2.05, 4.69) is 25.2 Å². The molecule has 0 spiro atoms. The Morgan fingerprint density at radius 1 is 0.966 bits per heavy atom. The van der Waals surface area contributed by atoms with Crippen LogP contribution in [-0.4, -0.2) is 51.9 Å². The summed E-state index contributed by atoms with van der Waals surface area (Å²) < 4.78 is 0. The summed E-state index contributed by atoms with van der Waals surface area (Å²) >= 11 is 5.91. The summed E-state index contributed by atoms with van der Waals surface area (Å²) in [7, 11) is 0. The van der Waals surface area contributed by atoms with E-state index < -0.39 is 0 Å². The normalized spacial score (nSPS) is 14.0. The molecule has 8 heteroatoms. The van der Waals surface area contributed by atoms with Crippen molar-refractivity contribution in [3.8, 4) is 0 Å². The van der Waals surface area contributed by atoms with E-state index in [-0.39, 0.29) is 5.91 Å². The van der Waals surface area contributed by atoms with Gasteiger partial charge < -0.3 is 15.1 Å². The van der Waals surface area contributed by atoms with E-state index >= 15 is 0 Å². The molecule has 1 saturated heterocycles. The number of hydrogen-bond donors (Lipinski definition) is 1. The highest BCUT2D eigenvalue weighted by Gasteiger charge is 2.23. The third-order valence-electron chi connectivity index (χ3n) is 4.81. The van der Waals surface area contributed by atoms with E-state index in [0.717, 1.165) is 17.2 Å². The van der Waals surface area contributed by atoms with Gasteiger partial charge in [0.1, 0.15) is 23.8 Å². The van der Waals surface area contributed by atoms with Crippen molar-refractivity contribution in [2.45, 2.75) is 6.92 Å². The van der Waals surface area contributed by atoms with E-state index in [1.807, 2.05) is 30.0 Å². The van der Waals surface area contributed by atoms with Crippen LogP contribution in [0.5, 0.6) is 0 Å². The third-order valence-corrected chi connectivity index (χ3v) is 5.06. The second kappa shape index (κ2) is 8.45. The molecular weight excluding hydrogens is 388 g/mol. The SMILES string of the molecule is Cc1ccnc(Nc2cc(N3CCN(C(=O)c4ccc(Cl)cc4)CC3)ncn2)c1. The van der Waals surface area contributed by atoms with Crippen molar-refractivity contribution in [3.05, 3.63) is 71.1 Å². The lowest BCUT2D eigenvalue weighted by Gasteiger charge is -2.35. The van der Waals surface area contributed by atoms with Crippen LogP contribution in [0.1, 0.15) is 15.9 Å². The summed E-state index contributed by atoms with van der Waals surface area (Å²) in [6.45, 7) is 4.70. The van der Waals surface area contributed by atoms with Crippen LogP contribution in [-0.2, 0) is 0 Å². The Morgan fingerprint density at radius 2 is 1.69 bits per heavy atom. The minimum absolute atomic E-state index is 0.0249. The average Bonchev–Trinajstić information content (AvgIpc) is 2.74. The van der Waals surface area contributed by atoms with Gasteiger partial charge in [-0.05, 0) is 48.9 Å². The predicted octanol–water partition coefficient (Wildman–Crippen LogP) is 3.54. The standard InChI is InChI=1S/C21H21ClN6O/c1-15-6-7-23-18(12-15)26-19-13-20(25-14-24-19)27-8-10-28(11-9-27)21(29)16-2-4-17(22)5-3-16/h2-7,12-14H,8-11H2,1H3,(H,23,24,25,26). The van der Waals surface area contributed by atoms with Crippen molar-refractivity contribution in [3.63, 3.8) is 0 Å². The molecular formula is C21H21ClN6O. The number of pyridine rings is 1. The number of amides is 1. The van der Waals surface area contributed by atoms with E-state index in [4.69, 9.17) is 11.6 Å². The maximum Gasteiger partial charge on any atom is 0.253 e. The smallest absolute Gasteiger partial charge is 0.253 e. The molecule has 1 amide bonds. The summed E-state index contributed by atoms with van der Waals surface area (Å²) in [6, 6.07) is 12.8. The maximum atomic E-state index is 12.7. The topological polar surface area (TPSA) is 74.2 Å². The second-order valence-electron chi connectivity index (χ2n) is 6.89. The van der Waals surface area contributed by atoms with Crippen LogP contribution in [0.25, 0.3) is 0 Å². The average molecular weight is 409 g/mol. The number of carbonyl (C=O) groups is 1. The van der Waals surface area contributed by atoms with Gasteiger partial charge in [-0.25, -0.2) is 15.0 Å². The fourth-order valence-electron chi connectivity index (χ4n) is 3.24. The second-order valence-corrected chi connectivity index (χ2v) is 7.33. The first-order chi connectivity index (χ1) is 14.1. The molecule has 0 radical (unpaired) electrons. The highest BCUT2D eigenvalue weighted by Crippen LogP contribution is 2.20. The molecule has 7 nitrogen and oxygen atoms in total. The molecule has 3 heterocycles. The lowest BCUT2D eigenvalue weighted by atomic mass is 10.2. The van der Waals surface area contributed by atoms with Crippen LogP contribution in [0.15, 0.2) is 55.0 Å². The van der Waals surface area contributed by atoms with E-state index in [1.54, 1.807) is 36.8 Å². The van der Waals surface area contributed by atoms with Gasteiger partial charge in [-0.3, -0.25) is 4.79 Å². The molecule has 0 unspecified atom stereocenters. The van der Waals surface area contributed by atoms with Crippen LogP contribution in [0.3, 0.4) is 0 Å². The maximum absolute atomic E-state index is 12.7. The minimum atomic E-state index is 0.0249. The molecule has 0 atom stereocenters. The highest BCUT2D eigenvalue weighted by molar-refractivity contribution is 6.30. The van der Waals surface area contributed by atoms with Gasteiger partial charge in [-0.1, -0.05) is 11.6 Å². The lowest BCUT2D eigenvalue weighted by molar-refractivity contribution is 0.0746. The van der Waals surface area contributed by atoms with Crippen LogP contribution < -0.4 is 10.2 Å². The van der Waals surface area contributed by atoms with Crippen LogP contribution in [0.4, 0.5) is 17.5 Å². The predicted molar refractivity (Wildman–Crippen MR) is 114 cm³/mol.